The lowest BCUT2D eigenvalue weighted by molar-refractivity contribution is 0.338. The number of thioether (sulfide) groups is 1. The van der Waals surface area contributed by atoms with Gasteiger partial charge >= 0.3 is 0 Å². The minimum Gasteiger partial charge on any atom is -0.493 e. The van der Waals surface area contributed by atoms with Crippen LogP contribution in [0.4, 0.5) is 0 Å². The number of rotatable bonds is 5. The molecule has 0 amide bonds. The third-order valence-corrected chi connectivity index (χ3v) is 5.41. The normalized spacial score (nSPS) is 12.2. The van der Waals surface area contributed by atoms with Crippen LogP contribution in [-0.2, 0) is 0 Å². The molecule has 0 N–H and O–H groups in total. The monoisotopic (exact) mass is 414 g/mol. The molecule has 1 atom stereocenters. The molecule has 106 valence electrons. The van der Waals surface area contributed by atoms with Crippen LogP contribution in [-0.4, -0.2) is 12.9 Å². The van der Waals surface area contributed by atoms with Crippen LogP contribution >= 0.6 is 43.6 Å². The smallest absolute Gasteiger partial charge is 0.133 e. The zero-order valence-corrected chi connectivity index (χ0v) is 15.4. The van der Waals surface area contributed by atoms with Crippen LogP contribution in [0.1, 0.15) is 22.9 Å². The molecule has 0 saturated heterocycles. The van der Waals surface area contributed by atoms with E-state index in [1.54, 1.807) is 11.8 Å². The third-order valence-electron chi connectivity index (χ3n) is 2.96. The van der Waals surface area contributed by atoms with E-state index in [0.717, 1.165) is 10.2 Å². The van der Waals surface area contributed by atoms with Crippen molar-refractivity contribution in [1.29, 1.82) is 0 Å². The summed E-state index contributed by atoms with van der Waals surface area (Å²) in [5, 5.41) is 0. The summed E-state index contributed by atoms with van der Waals surface area (Å²) in [6.45, 7) is 2.66. The van der Waals surface area contributed by atoms with Gasteiger partial charge in [-0.25, -0.2) is 0 Å². The molecule has 1 nitrogen and oxygen atoms in total. The summed E-state index contributed by atoms with van der Waals surface area (Å²) in [5.74, 6) is 0.883. The molecule has 2 aromatic rings. The van der Waals surface area contributed by atoms with E-state index >= 15 is 0 Å². The number of halogens is 2. The van der Waals surface area contributed by atoms with Gasteiger partial charge in [0.05, 0.1) is 15.9 Å². The number of benzene rings is 2. The highest BCUT2D eigenvalue weighted by Gasteiger charge is 2.15. The van der Waals surface area contributed by atoms with E-state index in [9.17, 15) is 0 Å². The zero-order chi connectivity index (χ0) is 14.5. The van der Waals surface area contributed by atoms with Gasteiger partial charge in [0.1, 0.15) is 5.75 Å². The van der Waals surface area contributed by atoms with Crippen LogP contribution in [0, 0.1) is 0 Å². The standard InChI is InChI=1S/C16H16Br2OS/c1-3-19-14-9-8-11(10-13(14)17)16(18)12-6-4-5-7-15(12)20-2/h4-10,16H,3H2,1-2H3. The minimum atomic E-state index is 0.179. The molecule has 2 rings (SSSR count). The first-order valence-electron chi connectivity index (χ1n) is 6.36. The average Bonchev–Trinajstić information content (AvgIpc) is 2.48. The molecular weight excluding hydrogens is 400 g/mol. The minimum absolute atomic E-state index is 0.179. The molecule has 4 heteroatoms. The van der Waals surface area contributed by atoms with E-state index < -0.39 is 0 Å². The highest BCUT2D eigenvalue weighted by Crippen LogP contribution is 2.38. The van der Waals surface area contributed by atoms with E-state index in [2.05, 4.69) is 74.5 Å². The van der Waals surface area contributed by atoms with Crippen LogP contribution < -0.4 is 4.74 Å². The maximum Gasteiger partial charge on any atom is 0.133 e. The maximum absolute atomic E-state index is 5.56. The van der Waals surface area contributed by atoms with Crippen LogP contribution in [0.5, 0.6) is 5.75 Å². The Kier molecular flexibility index (Phi) is 6.00. The van der Waals surface area contributed by atoms with Crippen LogP contribution in [0.2, 0.25) is 0 Å². The Hall–Kier alpha value is -0.450. The molecule has 0 bridgehead atoms. The zero-order valence-electron chi connectivity index (χ0n) is 11.4. The van der Waals surface area contributed by atoms with Gasteiger partial charge in [-0.3, -0.25) is 0 Å². The molecule has 0 aliphatic heterocycles. The Morgan fingerprint density at radius 2 is 1.95 bits per heavy atom. The molecule has 0 saturated carbocycles. The van der Waals surface area contributed by atoms with Crippen molar-refractivity contribution >= 4 is 43.6 Å². The van der Waals surface area contributed by atoms with Crippen molar-refractivity contribution in [2.24, 2.45) is 0 Å². The summed E-state index contributed by atoms with van der Waals surface area (Å²) in [5.41, 5.74) is 2.50. The molecule has 0 aliphatic rings. The van der Waals surface area contributed by atoms with Gasteiger partial charge in [0.15, 0.2) is 0 Å². The highest BCUT2D eigenvalue weighted by atomic mass is 79.9. The van der Waals surface area contributed by atoms with E-state index in [-0.39, 0.29) is 4.83 Å². The van der Waals surface area contributed by atoms with E-state index in [1.165, 1.54) is 16.0 Å². The topological polar surface area (TPSA) is 9.23 Å². The molecule has 20 heavy (non-hydrogen) atoms. The van der Waals surface area contributed by atoms with Crippen LogP contribution in [0.15, 0.2) is 51.8 Å². The second-order valence-electron chi connectivity index (χ2n) is 4.23. The Balaban J connectivity index is 2.33. The van der Waals surface area contributed by atoms with Gasteiger partial charge in [-0.15, -0.1) is 11.8 Å². The average molecular weight is 416 g/mol. The molecule has 0 aliphatic carbocycles. The molecule has 0 radical (unpaired) electrons. The first kappa shape index (κ1) is 15.9. The largest absolute Gasteiger partial charge is 0.493 e. The molecule has 0 spiro atoms. The van der Waals surface area contributed by atoms with E-state index in [4.69, 9.17) is 4.74 Å². The number of alkyl halides is 1. The van der Waals surface area contributed by atoms with Gasteiger partial charge in [0.25, 0.3) is 0 Å². The molecule has 0 aromatic heterocycles. The fourth-order valence-electron chi connectivity index (χ4n) is 2.00. The fourth-order valence-corrected chi connectivity index (χ4v) is 3.99. The summed E-state index contributed by atoms with van der Waals surface area (Å²) < 4.78 is 6.54. The summed E-state index contributed by atoms with van der Waals surface area (Å²) >= 11 is 9.15. The SMILES string of the molecule is CCOc1ccc(C(Br)c2ccccc2SC)cc1Br. The second-order valence-corrected chi connectivity index (χ2v) is 6.85. The predicted molar refractivity (Wildman–Crippen MR) is 94.3 cm³/mol. The molecule has 0 fully saturated rings. The van der Waals surface area contributed by atoms with Gasteiger partial charge in [0.2, 0.25) is 0 Å². The third kappa shape index (κ3) is 3.60. The molecule has 1 unspecified atom stereocenters. The van der Waals surface area contributed by atoms with Crippen molar-refractivity contribution in [3.63, 3.8) is 0 Å². The number of ether oxygens (including phenoxy) is 1. The maximum atomic E-state index is 5.56. The number of hydrogen-bond acceptors (Lipinski definition) is 2. The fraction of sp³-hybridized carbons (Fsp3) is 0.250. The Morgan fingerprint density at radius 1 is 1.20 bits per heavy atom. The van der Waals surface area contributed by atoms with Crippen LogP contribution in [0.3, 0.4) is 0 Å². The first-order valence-corrected chi connectivity index (χ1v) is 9.30. The summed E-state index contributed by atoms with van der Waals surface area (Å²) in [7, 11) is 0. The van der Waals surface area contributed by atoms with Gasteiger partial charge in [-0.1, -0.05) is 40.2 Å². The van der Waals surface area contributed by atoms with Gasteiger partial charge in [-0.2, -0.15) is 0 Å². The first-order chi connectivity index (χ1) is 9.67. The molecular formula is C16H16Br2OS. The highest BCUT2D eigenvalue weighted by molar-refractivity contribution is 9.10. The van der Waals surface area contributed by atoms with Crippen molar-refractivity contribution in [2.45, 2.75) is 16.6 Å². The lowest BCUT2D eigenvalue weighted by Crippen LogP contribution is -1.97. The van der Waals surface area contributed by atoms with Crippen molar-refractivity contribution in [3.8, 4) is 5.75 Å². The summed E-state index contributed by atoms with van der Waals surface area (Å²) in [6, 6.07) is 14.7. The lowest BCUT2D eigenvalue weighted by atomic mass is 10.0. The Morgan fingerprint density at radius 3 is 2.60 bits per heavy atom. The predicted octanol–water partition coefficient (Wildman–Crippen LogP) is 6.05. The van der Waals surface area contributed by atoms with Crippen molar-refractivity contribution in [3.05, 3.63) is 58.1 Å². The quantitative estimate of drug-likeness (QED) is 0.433. The summed E-state index contributed by atoms with van der Waals surface area (Å²) in [4.78, 5) is 1.47. The summed E-state index contributed by atoms with van der Waals surface area (Å²) in [6.07, 6.45) is 2.10. The Labute approximate surface area is 141 Å². The lowest BCUT2D eigenvalue weighted by Gasteiger charge is -2.16. The van der Waals surface area contributed by atoms with Crippen molar-refractivity contribution < 1.29 is 4.74 Å². The van der Waals surface area contributed by atoms with E-state index in [0.29, 0.717) is 6.61 Å². The van der Waals surface area contributed by atoms with Gasteiger partial charge in [-0.05, 0) is 58.4 Å². The van der Waals surface area contributed by atoms with Crippen molar-refractivity contribution in [1.82, 2.24) is 0 Å². The van der Waals surface area contributed by atoms with Gasteiger partial charge < -0.3 is 4.74 Å². The van der Waals surface area contributed by atoms with Crippen molar-refractivity contribution in [2.75, 3.05) is 12.9 Å². The van der Waals surface area contributed by atoms with Gasteiger partial charge in [0, 0.05) is 4.90 Å². The Bertz CT molecular complexity index is 586. The van der Waals surface area contributed by atoms with Crippen LogP contribution in [0.25, 0.3) is 0 Å². The van der Waals surface area contributed by atoms with E-state index in [1.807, 2.05) is 13.0 Å². The number of hydrogen-bond donors (Lipinski definition) is 0. The molecule has 2 aromatic carbocycles. The second kappa shape index (κ2) is 7.53. The molecule has 0 heterocycles.